The van der Waals surface area contributed by atoms with E-state index in [9.17, 15) is 4.79 Å². The van der Waals surface area contributed by atoms with Gasteiger partial charge in [-0.25, -0.2) is 4.98 Å². The van der Waals surface area contributed by atoms with E-state index in [4.69, 9.17) is 0 Å². The monoisotopic (exact) mass is 378 g/mol. The molecule has 1 amide bonds. The van der Waals surface area contributed by atoms with E-state index in [1.165, 1.54) is 0 Å². The Labute approximate surface area is 143 Å². The Kier molecular flexibility index (Phi) is 4.64. The number of carbonyl (C=O) groups excluding carboxylic acids is 1. The first-order valence-electron chi connectivity index (χ1n) is 7.56. The number of hydrogen-bond donors (Lipinski definition) is 0. The summed E-state index contributed by atoms with van der Waals surface area (Å²) in [5.41, 5.74) is 1.96. The number of thiazole rings is 1. The minimum absolute atomic E-state index is 0.198. The molecule has 1 fully saturated rings. The first-order valence-corrected chi connectivity index (χ1v) is 9.23. The lowest BCUT2D eigenvalue weighted by atomic mass is 10.2. The lowest BCUT2D eigenvalue weighted by molar-refractivity contribution is -0.132. The number of carbonyl (C=O) groups is 1. The minimum Gasteiger partial charge on any atom is -0.337 e. The molecule has 0 spiro atoms. The summed E-state index contributed by atoms with van der Waals surface area (Å²) in [5, 5.41) is 2.96. The van der Waals surface area contributed by atoms with Gasteiger partial charge in [0.25, 0.3) is 0 Å². The average Bonchev–Trinajstić information content (AvgIpc) is 3.16. The van der Waals surface area contributed by atoms with E-state index < -0.39 is 0 Å². The molecule has 0 atom stereocenters. The molecule has 0 aliphatic heterocycles. The third-order valence-electron chi connectivity index (χ3n) is 3.74. The number of aromatic nitrogens is 1. The maximum atomic E-state index is 12.5. The zero-order valence-corrected chi connectivity index (χ0v) is 15.2. The van der Waals surface area contributed by atoms with Crippen molar-refractivity contribution in [2.45, 2.75) is 45.2 Å². The number of rotatable bonds is 5. The topological polar surface area (TPSA) is 33.2 Å². The van der Waals surface area contributed by atoms with Crippen molar-refractivity contribution in [1.29, 1.82) is 0 Å². The summed E-state index contributed by atoms with van der Waals surface area (Å²) in [5.74, 6) is 0.198. The van der Waals surface area contributed by atoms with Gasteiger partial charge in [0.1, 0.15) is 5.01 Å². The van der Waals surface area contributed by atoms with Crippen molar-refractivity contribution in [3.05, 3.63) is 39.8 Å². The summed E-state index contributed by atoms with van der Waals surface area (Å²) < 4.78 is 1.04. The molecule has 2 aromatic rings. The molecule has 0 unspecified atom stereocenters. The summed E-state index contributed by atoms with van der Waals surface area (Å²) in [6.07, 6.45) is 2.69. The molecule has 1 heterocycles. The number of halogens is 1. The molecule has 0 saturated heterocycles. The average molecular weight is 379 g/mol. The Bertz CT molecular complexity index is 677. The van der Waals surface area contributed by atoms with E-state index >= 15 is 0 Å². The Morgan fingerprint density at radius 1 is 1.45 bits per heavy atom. The van der Waals surface area contributed by atoms with Crippen LogP contribution in [0.5, 0.6) is 0 Å². The minimum atomic E-state index is 0.198. The summed E-state index contributed by atoms with van der Waals surface area (Å²) in [4.78, 5) is 19.2. The van der Waals surface area contributed by atoms with Gasteiger partial charge in [0.05, 0.1) is 12.1 Å². The van der Waals surface area contributed by atoms with E-state index in [1.807, 2.05) is 28.5 Å². The van der Waals surface area contributed by atoms with E-state index in [2.05, 4.69) is 40.8 Å². The van der Waals surface area contributed by atoms with Crippen LogP contribution in [-0.4, -0.2) is 27.9 Å². The van der Waals surface area contributed by atoms with E-state index in [1.54, 1.807) is 11.3 Å². The molecule has 1 aromatic heterocycles. The molecule has 3 rings (SSSR count). The second-order valence-corrected chi connectivity index (χ2v) is 7.73. The maximum Gasteiger partial charge on any atom is 0.229 e. The van der Waals surface area contributed by atoms with Gasteiger partial charge in [-0.05, 0) is 38.8 Å². The van der Waals surface area contributed by atoms with Gasteiger partial charge in [0.2, 0.25) is 5.91 Å². The molecule has 1 saturated carbocycles. The van der Waals surface area contributed by atoms with Gasteiger partial charge in [-0.3, -0.25) is 4.79 Å². The highest BCUT2D eigenvalue weighted by Gasteiger charge is 2.34. The Hall–Kier alpha value is -1.20. The van der Waals surface area contributed by atoms with Gasteiger partial charge in [-0.15, -0.1) is 11.3 Å². The van der Waals surface area contributed by atoms with Gasteiger partial charge >= 0.3 is 0 Å². The highest BCUT2D eigenvalue weighted by molar-refractivity contribution is 9.10. The molecule has 1 aromatic carbocycles. The molecule has 5 heteroatoms. The smallest absolute Gasteiger partial charge is 0.229 e. The summed E-state index contributed by atoms with van der Waals surface area (Å²) >= 11 is 5.08. The molecule has 1 aliphatic rings. The summed E-state index contributed by atoms with van der Waals surface area (Å²) in [6, 6.07) is 8.81. The van der Waals surface area contributed by atoms with Crippen LogP contribution >= 0.6 is 27.3 Å². The molecule has 3 nitrogen and oxygen atoms in total. The lowest BCUT2D eigenvalue weighted by Crippen LogP contribution is -2.39. The van der Waals surface area contributed by atoms with Crippen molar-refractivity contribution in [3.63, 3.8) is 0 Å². The fourth-order valence-corrected chi connectivity index (χ4v) is 3.87. The number of amides is 1. The molecular weight excluding hydrogens is 360 g/mol. The second kappa shape index (κ2) is 6.50. The van der Waals surface area contributed by atoms with Crippen LogP contribution in [0.3, 0.4) is 0 Å². The van der Waals surface area contributed by atoms with Crippen molar-refractivity contribution in [2.75, 3.05) is 0 Å². The van der Waals surface area contributed by atoms with Gasteiger partial charge < -0.3 is 4.90 Å². The van der Waals surface area contributed by atoms with Crippen LogP contribution in [0.15, 0.2) is 34.1 Å². The maximum absolute atomic E-state index is 12.5. The highest BCUT2D eigenvalue weighted by Crippen LogP contribution is 2.30. The third kappa shape index (κ3) is 3.58. The van der Waals surface area contributed by atoms with Crippen molar-refractivity contribution < 1.29 is 4.79 Å². The lowest BCUT2D eigenvalue weighted by Gasteiger charge is -2.26. The van der Waals surface area contributed by atoms with Gasteiger partial charge in [-0.2, -0.15) is 0 Å². The normalized spacial score (nSPS) is 14.4. The van der Waals surface area contributed by atoms with Crippen LogP contribution in [0.4, 0.5) is 0 Å². The van der Waals surface area contributed by atoms with Crippen LogP contribution in [-0.2, 0) is 11.2 Å². The van der Waals surface area contributed by atoms with Crippen LogP contribution in [0, 0.1) is 0 Å². The quantitative estimate of drug-likeness (QED) is 0.766. The predicted octanol–water partition coefficient (Wildman–Crippen LogP) is 4.51. The van der Waals surface area contributed by atoms with Crippen LogP contribution < -0.4 is 0 Å². The number of nitrogens with zero attached hydrogens (tertiary/aromatic N) is 2. The number of benzene rings is 1. The summed E-state index contributed by atoms with van der Waals surface area (Å²) in [7, 11) is 0. The zero-order valence-electron chi connectivity index (χ0n) is 12.8. The highest BCUT2D eigenvalue weighted by atomic mass is 79.9. The zero-order chi connectivity index (χ0) is 15.7. The van der Waals surface area contributed by atoms with Crippen LogP contribution in [0.1, 0.15) is 32.4 Å². The van der Waals surface area contributed by atoms with Crippen molar-refractivity contribution >= 4 is 33.2 Å². The Morgan fingerprint density at radius 3 is 2.86 bits per heavy atom. The first-order chi connectivity index (χ1) is 10.5. The van der Waals surface area contributed by atoms with Gasteiger partial charge in [-0.1, -0.05) is 28.1 Å². The number of hydrogen-bond acceptors (Lipinski definition) is 3. The molecule has 0 N–H and O–H groups in total. The second-order valence-electron chi connectivity index (χ2n) is 5.96. The van der Waals surface area contributed by atoms with E-state index in [-0.39, 0.29) is 11.9 Å². The Balaban J connectivity index is 1.72. The van der Waals surface area contributed by atoms with Crippen LogP contribution in [0.25, 0.3) is 10.6 Å². The predicted molar refractivity (Wildman–Crippen MR) is 94.0 cm³/mol. The van der Waals surface area contributed by atoms with Gasteiger partial charge in [0.15, 0.2) is 0 Å². The fourth-order valence-electron chi connectivity index (χ4n) is 2.65. The molecule has 1 aliphatic carbocycles. The fraction of sp³-hybridized carbons (Fsp3) is 0.412. The third-order valence-corrected chi connectivity index (χ3v) is 5.17. The summed E-state index contributed by atoms with van der Waals surface area (Å²) in [6.45, 7) is 4.17. The van der Waals surface area contributed by atoms with E-state index in [0.717, 1.165) is 33.6 Å². The molecule has 116 valence electrons. The van der Waals surface area contributed by atoms with Gasteiger partial charge in [0, 0.05) is 27.5 Å². The van der Waals surface area contributed by atoms with Crippen LogP contribution in [0.2, 0.25) is 0 Å². The molecular formula is C17H19BrN2OS. The molecule has 22 heavy (non-hydrogen) atoms. The first kappa shape index (κ1) is 15.7. The van der Waals surface area contributed by atoms with Crippen molar-refractivity contribution in [1.82, 2.24) is 9.88 Å². The largest absolute Gasteiger partial charge is 0.337 e. The van der Waals surface area contributed by atoms with E-state index in [0.29, 0.717) is 12.5 Å². The van der Waals surface area contributed by atoms with Crippen molar-refractivity contribution in [2.24, 2.45) is 0 Å². The molecule has 0 bridgehead atoms. The Morgan fingerprint density at radius 2 is 2.23 bits per heavy atom. The molecule has 0 radical (unpaired) electrons. The standard InChI is InChI=1S/C17H19BrN2OS/c1-11(2)20(15-6-7-15)16(21)9-14-10-22-17(19-14)12-4-3-5-13(18)8-12/h3-5,8,10-11,15H,6-7,9H2,1-2H3. The SMILES string of the molecule is CC(C)N(C(=O)Cc1csc(-c2cccc(Br)c2)n1)C1CC1. The van der Waals surface area contributed by atoms with Crippen molar-refractivity contribution in [3.8, 4) is 10.6 Å².